The van der Waals surface area contributed by atoms with E-state index in [0.717, 1.165) is 25.0 Å². The summed E-state index contributed by atoms with van der Waals surface area (Å²) >= 11 is 4.92. The number of rotatable bonds is 7. The average Bonchev–Trinajstić information content (AvgIpc) is 2.97. The van der Waals surface area contributed by atoms with Crippen LogP contribution in [0.25, 0.3) is 0 Å². The zero-order valence-electron chi connectivity index (χ0n) is 12.2. The molecule has 114 valence electrons. The maximum absolute atomic E-state index is 12.5. The molecule has 0 radical (unpaired) electrons. The van der Waals surface area contributed by atoms with Gasteiger partial charge in [-0.3, -0.25) is 4.79 Å². The maximum atomic E-state index is 12.5. The molecule has 1 aromatic carbocycles. The zero-order chi connectivity index (χ0) is 15.1. The Morgan fingerprint density at radius 2 is 2.14 bits per heavy atom. The van der Waals surface area contributed by atoms with Crippen LogP contribution in [0.15, 0.2) is 30.3 Å². The van der Waals surface area contributed by atoms with Gasteiger partial charge in [0.1, 0.15) is 0 Å². The molecule has 1 aromatic rings. The van der Waals surface area contributed by atoms with Crippen molar-refractivity contribution in [2.45, 2.75) is 31.8 Å². The van der Waals surface area contributed by atoms with Crippen molar-refractivity contribution in [3.8, 4) is 0 Å². The highest BCUT2D eigenvalue weighted by atomic mass is 32.1. The first-order chi connectivity index (χ1) is 10.1. The molecule has 2 rings (SSSR count). The van der Waals surface area contributed by atoms with Gasteiger partial charge in [0, 0.05) is 26.1 Å². The number of carbonyl (C=O) groups is 1. The lowest BCUT2D eigenvalue weighted by Crippen LogP contribution is -2.40. The monoisotopic (exact) mass is 306 g/mol. The Labute approximate surface area is 131 Å². The first kappa shape index (κ1) is 15.9. The Balaban J connectivity index is 1.95. The fraction of sp³-hybridized carbons (Fsp3) is 0.500. The van der Waals surface area contributed by atoms with Gasteiger partial charge in [-0.25, -0.2) is 0 Å². The smallest absolute Gasteiger partial charge is 0.227 e. The molecule has 0 saturated carbocycles. The third-order valence-electron chi connectivity index (χ3n) is 3.63. The molecule has 1 heterocycles. The SMILES string of the molecule is NC(=S)CCN(CC1CCCO1)C(=O)Cc1ccccc1. The van der Waals surface area contributed by atoms with Crippen LogP contribution in [0.4, 0.5) is 0 Å². The second kappa shape index (κ2) is 8.10. The number of benzene rings is 1. The van der Waals surface area contributed by atoms with Crippen LogP contribution in [0.1, 0.15) is 24.8 Å². The van der Waals surface area contributed by atoms with Gasteiger partial charge in [0.15, 0.2) is 0 Å². The minimum absolute atomic E-state index is 0.105. The van der Waals surface area contributed by atoms with Crippen LogP contribution >= 0.6 is 12.2 Å². The number of hydrogen-bond acceptors (Lipinski definition) is 3. The van der Waals surface area contributed by atoms with Crippen molar-refractivity contribution in [1.82, 2.24) is 4.90 Å². The Morgan fingerprint density at radius 3 is 2.76 bits per heavy atom. The molecule has 1 aliphatic rings. The van der Waals surface area contributed by atoms with Crippen LogP contribution in [0.3, 0.4) is 0 Å². The van der Waals surface area contributed by atoms with Crippen molar-refractivity contribution in [2.24, 2.45) is 5.73 Å². The topological polar surface area (TPSA) is 55.6 Å². The van der Waals surface area contributed by atoms with Crippen LogP contribution in [-0.4, -0.2) is 41.6 Å². The second-order valence-corrected chi connectivity index (χ2v) is 5.88. The van der Waals surface area contributed by atoms with E-state index in [-0.39, 0.29) is 12.0 Å². The Bertz CT molecular complexity index is 472. The summed E-state index contributed by atoms with van der Waals surface area (Å²) in [6.07, 6.45) is 3.20. The molecule has 1 atom stereocenters. The molecule has 1 fully saturated rings. The van der Waals surface area contributed by atoms with E-state index in [0.29, 0.717) is 30.9 Å². The summed E-state index contributed by atoms with van der Waals surface area (Å²) in [4.78, 5) is 14.8. The van der Waals surface area contributed by atoms with Crippen molar-refractivity contribution in [1.29, 1.82) is 0 Å². The number of ether oxygens (including phenoxy) is 1. The molecule has 0 aliphatic carbocycles. The largest absolute Gasteiger partial charge is 0.393 e. The lowest BCUT2D eigenvalue weighted by molar-refractivity contribution is -0.131. The normalized spacial score (nSPS) is 17.6. The number of hydrogen-bond donors (Lipinski definition) is 1. The van der Waals surface area contributed by atoms with Crippen LogP contribution in [-0.2, 0) is 16.0 Å². The first-order valence-corrected chi connectivity index (χ1v) is 7.77. The lowest BCUT2D eigenvalue weighted by Gasteiger charge is -2.25. The fourth-order valence-corrected chi connectivity index (χ4v) is 2.57. The van der Waals surface area contributed by atoms with Gasteiger partial charge in [0.25, 0.3) is 0 Å². The van der Waals surface area contributed by atoms with Gasteiger partial charge in [-0.05, 0) is 18.4 Å². The van der Waals surface area contributed by atoms with E-state index in [1.807, 2.05) is 35.2 Å². The van der Waals surface area contributed by atoms with Crippen molar-refractivity contribution in [3.63, 3.8) is 0 Å². The fourth-order valence-electron chi connectivity index (χ4n) is 2.48. The summed E-state index contributed by atoms with van der Waals surface area (Å²) in [5, 5.41) is 0. The van der Waals surface area contributed by atoms with E-state index in [1.165, 1.54) is 0 Å². The average molecular weight is 306 g/mol. The van der Waals surface area contributed by atoms with Gasteiger partial charge in [-0.15, -0.1) is 0 Å². The molecule has 1 saturated heterocycles. The molecule has 1 aliphatic heterocycles. The molecule has 0 aromatic heterocycles. The zero-order valence-corrected chi connectivity index (χ0v) is 13.0. The minimum Gasteiger partial charge on any atom is -0.393 e. The van der Waals surface area contributed by atoms with Crippen molar-refractivity contribution >= 4 is 23.1 Å². The molecule has 0 spiro atoms. The first-order valence-electron chi connectivity index (χ1n) is 7.37. The highest BCUT2D eigenvalue weighted by Gasteiger charge is 2.22. The van der Waals surface area contributed by atoms with Crippen molar-refractivity contribution < 1.29 is 9.53 Å². The van der Waals surface area contributed by atoms with Gasteiger partial charge < -0.3 is 15.4 Å². The number of nitrogens with zero attached hydrogens (tertiary/aromatic N) is 1. The molecule has 1 unspecified atom stereocenters. The van der Waals surface area contributed by atoms with Crippen LogP contribution in [0, 0.1) is 0 Å². The number of carbonyl (C=O) groups excluding carboxylic acids is 1. The third-order valence-corrected chi connectivity index (χ3v) is 3.83. The third kappa shape index (κ3) is 5.44. The maximum Gasteiger partial charge on any atom is 0.227 e. The predicted molar refractivity (Wildman–Crippen MR) is 87.1 cm³/mol. The van der Waals surface area contributed by atoms with E-state index in [2.05, 4.69) is 0 Å². The lowest BCUT2D eigenvalue weighted by atomic mass is 10.1. The van der Waals surface area contributed by atoms with E-state index in [9.17, 15) is 4.79 Å². The second-order valence-electron chi connectivity index (χ2n) is 5.35. The molecule has 4 nitrogen and oxygen atoms in total. The van der Waals surface area contributed by atoms with Gasteiger partial charge in [0.2, 0.25) is 5.91 Å². The highest BCUT2D eigenvalue weighted by molar-refractivity contribution is 7.80. The molecular weight excluding hydrogens is 284 g/mol. The molecule has 21 heavy (non-hydrogen) atoms. The summed E-state index contributed by atoms with van der Waals surface area (Å²) in [5.41, 5.74) is 6.59. The van der Waals surface area contributed by atoms with E-state index >= 15 is 0 Å². The summed E-state index contributed by atoms with van der Waals surface area (Å²) in [6, 6.07) is 9.78. The summed E-state index contributed by atoms with van der Waals surface area (Å²) in [5.74, 6) is 0.105. The molecule has 5 heteroatoms. The predicted octanol–water partition coefficient (Wildman–Crippen LogP) is 1.91. The van der Waals surface area contributed by atoms with Crippen molar-refractivity contribution in [2.75, 3.05) is 19.7 Å². The quantitative estimate of drug-likeness (QED) is 0.782. The Morgan fingerprint density at radius 1 is 1.38 bits per heavy atom. The Hall–Kier alpha value is -1.46. The Kier molecular flexibility index (Phi) is 6.14. The summed E-state index contributed by atoms with van der Waals surface area (Å²) in [6.45, 7) is 2.00. The van der Waals surface area contributed by atoms with E-state index in [4.69, 9.17) is 22.7 Å². The van der Waals surface area contributed by atoms with Crippen LogP contribution in [0.2, 0.25) is 0 Å². The highest BCUT2D eigenvalue weighted by Crippen LogP contribution is 2.14. The minimum atomic E-state index is 0.105. The number of thiocarbonyl (C=S) groups is 1. The van der Waals surface area contributed by atoms with Gasteiger partial charge >= 0.3 is 0 Å². The van der Waals surface area contributed by atoms with E-state index < -0.39 is 0 Å². The summed E-state index contributed by atoms with van der Waals surface area (Å²) in [7, 11) is 0. The van der Waals surface area contributed by atoms with Gasteiger partial charge in [0.05, 0.1) is 17.5 Å². The summed E-state index contributed by atoms with van der Waals surface area (Å²) < 4.78 is 5.63. The van der Waals surface area contributed by atoms with Crippen LogP contribution < -0.4 is 5.73 Å². The molecular formula is C16H22N2O2S. The molecule has 0 bridgehead atoms. The standard InChI is InChI=1S/C16H22N2O2S/c17-15(21)8-9-18(12-14-7-4-10-20-14)16(19)11-13-5-2-1-3-6-13/h1-3,5-6,14H,4,7-12H2,(H2,17,21). The molecule has 2 N–H and O–H groups in total. The molecule has 1 amide bonds. The van der Waals surface area contributed by atoms with Gasteiger partial charge in [-0.1, -0.05) is 42.5 Å². The van der Waals surface area contributed by atoms with Crippen molar-refractivity contribution in [3.05, 3.63) is 35.9 Å². The number of nitrogens with two attached hydrogens (primary N) is 1. The van der Waals surface area contributed by atoms with Crippen LogP contribution in [0.5, 0.6) is 0 Å². The van der Waals surface area contributed by atoms with Gasteiger partial charge in [-0.2, -0.15) is 0 Å². The number of amides is 1. The van der Waals surface area contributed by atoms with E-state index in [1.54, 1.807) is 0 Å².